The molecular weight excluding hydrogens is 306 g/mol. The van der Waals surface area contributed by atoms with Crippen LogP contribution in [0.1, 0.15) is 25.7 Å². The Balaban J connectivity index is 2.22. The monoisotopic (exact) mass is 323 g/mol. The van der Waals surface area contributed by atoms with Crippen molar-refractivity contribution >= 4 is 15.9 Å². The van der Waals surface area contributed by atoms with E-state index in [0.717, 1.165) is 22.9 Å². The van der Waals surface area contributed by atoms with Crippen LogP contribution in [0.25, 0.3) is 0 Å². The molecule has 2 aliphatic rings. The van der Waals surface area contributed by atoms with Gasteiger partial charge in [-0.15, -0.1) is 0 Å². The van der Waals surface area contributed by atoms with Gasteiger partial charge in [-0.1, -0.05) is 41.2 Å². The molecule has 3 nitrogen and oxygen atoms in total. The van der Waals surface area contributed by atoms with Gasteiger partial charge in [0.1, 0.15) is 0 Å². The molecule has 19 heavy (non-hydrogen) atoms. The highest BCUT2D eigenvalue weighted by Gasteiger charge is 2.48. The third-order valence-electron chi connectivity index (χ3n) is 3.99. The first kappa shape index (κ1) is 14.5. The smallest absolute Gasteiger partial charge is 0.168 e. The summed E-state index contributed by atoms with van der Waals surface area (Å²) in [4.78, 5) is 0. The van der Waals surface area contributed by atoms with Crippen LogP contribution in [0.4, 0.5) is 0 Å². The molecule has 4 heteroatoms. The minimum atomic E-state index is -0.519. The zero-order valence-corrected chi connectivity index (χ0v) is 12.5. The number of ether oxygens (including phenoxy) is 2. The van der Waals surface area contributed by atoms with Crippen LogP contribution in [-0.4, -0.2) is 19.0 Å². The summed E-state index contributed by atoms with van der Waals surface area (Å²) in [5.41, 5.74) is 0.396. The van der Waals surface area contributed by atoms with Gasteiger partial charge < -0.3 is 9.47 Å². The quantitative estimate of drug-likeness (QED) is 0.741. The Kier molecular flexibility index (Phi) is 4.29. The molecule has 0 radical (unpaired) electrons. The normalized spacial score (nSPS) is 24.9. The summed E-state index contributed by atoms with van der Waals surface area (Å²) in [5.74, 6) is -0.451. The SMILES string of the molecule is C=CC=C(C(=C)Br)C1(C#N)CCC2(CC1)OCCO2. The first-order chi connectivity index (χ1) is 9.07. The van der Waals surface area contributed by atoms with Gasteiger partial charge in [-0.3, -0.25) is 0 Å². The molecule has 0 amide bonds. The molecule has 1 aliphatic carbocycles. The average molecular weight is 324 g/mol. The number of hydrogen-bond acceptors (Lipinski definition) is 3. The van der Waals surface area contributed by atoms with Crippen LogP contribution in [0.3, 0.4) is 0 Å². The summed E-state index contributed by atoms with van der Waals surface area (Å²) in [6, 6.07) is 2.47. The second kappa shape index (κ2) is 5.62. The van der Waals surface area contributed by atoms with Crippen LogP contribution >= 0.6 is 15.9 Å². The number of rotatable bonds is 3. The van der Waals surface area contributed by atoms with E-state index in [1.165, 1.54) is 0 Å². The Morgan fingerprint density at radius 1 is 1.21 bits per heavy atom. The lowest BCUT2D eigenvalue weighted by Crippen LogP contribution is -2.40. The molecule has 0 aromatic rings. The standard InChI is InChI=1S/C15H18BrNO2/c1-3-4-13(12(2)16)14(11-17)5-7-15(8-6-14)18-9-10-19-15/h3-4H,1-2,5-10H2. The van der Waals surface area contributed by atoms with Gasteiger partial charge in [0.2, 0.25) is 0 Å². The fourth-order valence-electron chi connectivity index (χ4n) is 2.91. The van der Waals surface area contributed by atoms with E-state index in [9.17, 15) is 5.26 Å². The first-order valence-corrected chi connectivity index (χ1v) is 7.24. The average Bonchev–Trinajstić information content (AvgIpc) is 2.86. The van der Waals surface area contributed by atoms with E-state index in [-0.39, 0.29) is 0 Å². The fourth-order valence-corrected chi connectivity index (χ4v) is 3.42. The van der Waals surface area contributed by atoms with Crippen LogP contribution in [0.5, 0.6) is 0 Å². The third-order valence-corrected chi connectivity index (χ3v) is 4.41. The Morgan fingerprint density at radius 3 is 2.21 bits per heavy atom. The van der Waals surface area contributed by atoms with E-state index in [0.29, 0.717) is 26.1 Å². The third kappa shape index (κ3) is 2.69. The molecule has 0 unspecified atom stereocenters. The van der Waals surface area contributed by atoms with Crippen molar-refractivity contribution in [3.05, 3.63) is 35.4 Å². The molecule has 1 aliphatic heterocycles. The maximum atomic E-state index is 9.65. The number of allylic oxidation sites excluding steroid dienone is 4. The molecule has 102 valence electrons. The lowest BCUT2D eigenvalue weighted by molar-refractivity contribution is -0.184. The predicted octanol–water partition coefficient (Wildman–Crippen LogP) is 3.83. The summed E-state index contributed by atoms with van der Waals surface area (Å²) >= 11 is 3.40. The van der Waals surface area contributed by atoms with Gasteiger partial charge in [-0.05, 0) is 18.4 Å². The van der Waals surface area contributed by atoms with E-state index < -0.39 is 11.2 Å². The Morgan fingerprint density at radius 2 is 1.79 bits per heavy atom. The zero-order chi connectivity index (χ0) is 13.9. The number of halogens is 1. The lowest BCUT2D eigenvalue weighted by atomic mass is 9.68. The summed E-state index contributed by atoms with van der Waals surface area (Å²) in [6.07, 6.45) is 6.49. The first-order valence-electron chi connectivity index (χ1n) is 6.45. The van der Waals surface area contributed by atoms with Crippen molar-refractivity contribution < 1.29 is 9.47 Å². The molecule has 1 saturated heterocycles. The molecule has 0 N–H and O–H groups in total. The fraction of sp³-hybridized carbons (Fsp3) is 0.533. The van der Waals surface area contributed by atoms with Gasteiger partial charge in [-0.2, -0.15) is 5.26 Å². The second-order valence-corrected chi connectivity index (χ2v) is 5.98. The van der Waals surface area contributed by atoms with Crippen LogP contribution in [0.2, 0.25) is 0 Å². The van der Waals surface area contributed by atoms with Crippen molar-refractivity contribution in [2.24, 2.45) is 5.41 Å². The maximum absolute atomic E-state index is 9.65. The van der Waals surface area contributed by atoms with Crippen molar-refractivity contribution in [1.29, 1.82) is 5.26 Å². The van der Waals surface area contributed by atoms with Crippen molar-refractivity contribution in [3.8, 4) is 6.07 Å². The van der Waals surface area contributed by atoms with Gasteiger partial charge in [0, 0.05) is 17.3 Å². The minimum absolute atomic E-state index is 0.451. The molecule has 0 aromatic heterocycles. The molecule has 0 bridgehead atoms. The summed E-state index contributed by atoms with van der Waals surface area (Å²) < 4.78 is 12.2. The van der Waals surface area contributed by atoms with Crippen LogP contribution in [0, 0.1) is 16.7 Å². The Hall–Kier alpha value is -0.890. The van der Waals surface area contributed by atoms with Crippen LogP contribution in [0.15, 0.2) is 35.4 Å². The largest absolute Gasteiger partial charge is 0.348 e. The van der Waals surface area contributed by atoms with Crippen LogP contribution < -0.4 is 0 Å². The molecule has 0 atom stereocenters. The molecule has 1 heterocycles. The number of hydrogen-bond donors (Lipinski definition) is 0. The molecule has 1 saturated carbocycles. The molecule has 2 fully saturated rings. The van der Waals surface area contributed by atoms with E-state index >= 15 is 0 Å². The highest BCUT2D eigenvalue weighted by molar-refractivity contribution is 9.11. The maximum Gasteiger partial charge on any atom is 0.168 e. The topological polar surface area (TPSA) is 42.2 Å². The second-order valence-electron chi connectivity index (χ2n) is 5.02. The van der Waals surface area contributed by atoms with E-state index in [1.807, 2.05) is 6.08 Å². The van der Waals surface area contributed by atoms with E-state index in [2.05, 4.69) is 35.2 Å². The Bertz CT molecular complexity index is 445. The summed E-state index contributed by atoms with van der Waals surface area (Å²) in [5, 5.41) is 9.65. The molecule has 1 spiro atoms. The van der Waals surface area contributed by atoms with Crippen molar-refractivity contribution in [2.45, 2.75) is 31.5 Å². The van der Waals surface area contributed by atoms with Gasteiger partial charge in [0.25, 0.3) is 0 Å². The van der Waals surface area contributed by atoms with Crippen molar-refractivity contribution in [1.82, 2.24) is 0 Å². The number of nitriles is 1. The summed E-state index contributed by atoms with van der Waals surface area (Å²) in [6.45, 7) is 8.94. The Labute approximate surface area is 122 Å². The van der Waals surface area contributed by atoms with Gasteiger partial charge >= 0.3 is 0 Å². The molecular formula is C15H18BrNO2. The minimum Gasteiger partial charge on any atom is -0.348 e. The van der Waals surface area contributed by atoms with Gasteiger partial charge in [0.05, 0.1) is 24.7 Å². The van der Waals surface area contributed by atoms with E-state index in [1.54, 1.807) is 6.08 Å². The van der Waals surface area contributed by atoms with Gasteiger partial charge in [-0.25, -0.2) is 0 Å². The summed E-state index contributed by atoms with van der Waals surface area (Å²) in [7, 11) is 0. The number of nitrogens with zero attached hydrogens (tertiary/aromatic N) is 1. The zero-order valence-electron chi connectivity index (χ0n) is 11.0. The highest BCUT2D eigenvalue weighted by Crippen LogP contribution is 2.50. The predicted molar refractivity (Wildman–Crippen MR) is 77.5 cm³/mol. The molecule has 0 aromatic carbocycles. The van der Waals surface area contributed by atoms with Crippen molar-refractivity contribution in [3.63, 3.8) is 0 Å². The van der Waals surface area contributed by atoms with E-state index in [4.69, 9.17) is 9.47 Å². The highest BCUT2D eigenvalue weighted by atomic mass is 79.9. The molecule has 2 rings (SSSR count). The lowest BCUT2D eigenvalue weighted by Gasteiger charge is -2.40. The van der Waals surface area contributed by atoms with Crippen LogP contribution in [-0.2, 0) is 9.47 Å². The van der Waals surface area contributed by atoms with Gasteiger partial charge in [0.15, 0.2) is 5.79 Å². The van der Waals surface area contributed by atoms with Crippen molar-refractivity contribution in [2.75, 3.05) is 13.2 Å².